The molecule has 1 unspecified atom stereocenters. The first-order valence-corrected chi connectivity index (χ1v) is 7.48. The van der Waals surface area contributed by atoms with Gasteiger partial charge in [0.15, 0.2) is 0 Å². The number of amides is 3. The molecular weight excluding hydrogens is 266 g/mol. The molecule has 0 spiro atoms. The number of fused-ring (bicyclic) bond motifs is 1. The van der Waals surface area contributed by atoms with Gasteiger partial charge < -0.3 is 15.5 Å². The molecule has 0 saturated heterocycles. The average Bonchev–Trinajstić information content (AvgIpc) is 2.75. The third-order valence-corrected chi connectivity index (χ3v) is 3.90. The summed E-state index contributed by atoms with van der Waals surface area (Å²) in [6, 6.07) is 5.47. The number of urea groups is 1. The van der Waals surface area contributed by atoms with E-state index in [4.69, 9.17) is 0 Å². The second-order valence-electron chi connectivity index (χ2n) is 5.62. The van der Waals surface area contributed by atoms with Crippen LogP contribution in [-0.4, -0.2) is 29.9 Å². The minimum atomic E-state index is -0.148. The molecule has 5 nitrogen and oxygen atoms in total. The van der Waals surface area contributed by atoms with Gasteiger partial charge in [0.1, 0.15) is 0 Å². The maximum absolute atomic E-state index is 12.1. The van der Waals surface area contributed by atoms with E-state index >= 15 is 0 Å². The Morgan fingerprint density at radius 2 is 2.00 bits per heavy atom. The second kappa shape index (κ2) is 6.16. The molecule has 0 fully saturated rings. The number of nitrogens with zero attached hydrogens (tertiary/aromatic N) is 1. The zero-order valence-electron chi connectivity index (χ0n) is 13.1. The highest BCUT2D eigenvalue weighted by atomic mass is 16.2. The van der Waals surface area contributed by atoms with Gasteiger partial charge in [-0.2, -0.15) is 0 Å². The van der Waals surface area contributed by atoms with Gasteiger partial charge in [-0.3, -0.25) is 4.79 Å². The predicted octanol–water partition coefficient (Wildman–Crippen LogP) is 3.25. The van der Waals surface area contributed by atoms with Gasteiger partial charge in [0.05, 0.1) is 5.92 Å². The maximum Gasteiger partial charge on any atom is 0.321 e. The summed E-state index contributed by atoms with van der Waals surface area (Å²) in [5.41, 5.74) is 2.54. The van der Waals surface area contributed by atoms with Gasteiger partial charge in [-0.15, -0.1) is 0 Å². The molecule has 1 aliphatic heterocycles. The van der Waals surface area contributed by atoms with E-state index < -0.39 is 0 Å². The number of anilines is 2. The van der Waals surface area contributed by atoms with Crippen LogP contribution in [0, 0.1) is 5.92 Å². The number of hydrogen-bond acceptors (Lipinski definition) is 2. The van der Waals surface area contributed by atoms with Crippen molar-refractivity contribution < 1.29 is 9.59 Å². The number of hydrogen-bond donors (Lipinski definition) is 2. The van der Waals surface area contributed by atoms with Crippen molar-refractivity contribution in [2.45, 2.75) is 33.6 Å². The fraction of sp³-hybridized carbons (Fsp3) is 0.500. The molecule has 21 heavy (non-hydrogen) atoms. The molecule has 1 heterocycles. The van der Waals surface area contributed by atoms with Crippen LogP contribution in [0.4, 0.5) is 16.2 Å². The lowest BCUT2D eigenvalue weighted by molar-refractivity contribution is -0.117. The molecule has 5 heteroatoms. The van der Waals surface area contributed by atoms with E-state index in [1.807, 2.05) is 45.9 Å². The van der Waals surface area contributed by atoms with Crippen LogP contribution in [0.3, 0.4) is 0 Å². The molecule has 1 atom stereocenters. The van der Waals surface area contributed by atoms with Crippen molar-refractivity contribution in [2.24, 2.45) is 5.92 Å². The molecule has 3 amide bonds. The van der Waals surface area contributed by atoms with E-state index in [2.05, 4.69) is 10.6 Å². The topological polar surface area (TPSA) is 61.4 Å². The lowest BCUT2D eigenvalue weighted by Crippen LogP contribution is -2.34. The monoisotopic (exact) mass is 289 g/mol. The molecule has 0 saturated carbocycles. The van der Waals surface area contributed by atoms with E-state index in [1.165, 1.54) is 0 Å². The lowest BCUT2D eigenvalue weighted by Gasteiger charge is -2.20. The average molecular weight is 289 g/mol. The largest absolute Gasteiger partial charge is 0.325 e. The van der Waals surface area contributed by atoms with Gasteiger partial charge in [-0.1, -0.05) is 13.8 Å². The van der Waals surface area contributed by atoms with Crippen LogP contribution in [-0.2, 0) is 4.79 Å². The number of rotatable bonds is 4. The molecule has 2 N–H and O–H groups in total. The van der Waals surface area contributed by atoms with Gasteiger partial charge in [0.2, 0.25) is 5.91 Å². The van der Waals surface area contributed by atoms with Crippen LogP contribution < -0.4 is 10.6 Å². The minimum absolute atomic E-state index is 0.0345. The van der Waals surface area contributed by atoms with Crippen LogP contribution in [0.15, 0.2) is 18.2 Å². The zero-order valence-corrected chi connectivity index (χ0v) is 13.1. The molecule has 1 aromatic rings. The number of nitrogens with one attached hydrogen (secondary N) is 2. The Morgan fingerprint density at radius 3 is 2.57 bits per heavy atom. The molecule has 1 aliphatic rings. The molecular formula is C16H23N3O2. The minimum Gasteiger partial charge on any atom is -0.325 e. The molecule has 1 aromatic carbocycles. The zero-order chi connectivity index (χ0) is 15.6. The smallest absolute Gasteiger partial charge is 0.321 e. The molecule has 2 rings (SSSR count). The summed E-state index contributed by atoms with van der Waals surface area (Å²) in [7, 11) is 0. The Labute approximate surface area is 125 Å². The summed E-state index contributed by atoms with van der Waals surface area (Å²) in [6.07, 6.45) is 0. The second-order valence-corrected chi connectivity index (χ2v) is 5.62. The molecule has 0 radical (unpaired) electrons. The fourth-order valence-corrected chi connectivity index (χ4v) is 2.74. The third kappa shape index (κ3) is 3.01. The van der Waals surface area contributed by atoms with Crippen molar-refractivity contribution in [2.75, 3.05) is 23.7 Å². The van der Waals surface area contributed by atoms with Gasteiger partial charge >= 0.3 is 6.03 Å². The first kappa shape index (κ1) is 15.4. The Kier molecular flexibility index (Phi) is 4.50. The maximum atomic E-state index is 12.1. The van der Waals surface area contributed by atoms with Crippen LogP contribution in [0.1, 0.15) is 39.2 Å². The summed E-state index contributed by atoms with van der Waals surface area (Å²) in [6.45, 7) is 9.29. The summed E-state index contributed by atoms with van der Waals surface area (Å²) in [5.74, 6) is 0.109. The first-order chi connectivity index (χ1) is 9.97. The third-order valence-electron chi connectivity index (χ3n) is 3.90. The van der Waals surface area contributed by atoms with Crippen LogP contribution in [0.25, 0.3) is 0 Å². The van der Waals surface area contributed by atoms with Crippen molar-refractivity contribution in [1.29, 1.82) is 0 Å². The van der Waals surface area contributed by atoms with Gasteiger partial charge in [0.25, 0.3) is 0 Å². The molecule has 0 aromatic heterocycles. The van der Waals surface area contributed by atoms with Crippen molar-refractivity contribution in [1.82, 2.24) is 4.90 Å². The Morgan fingerprint density at radius 1 is 1.33 bits per heavy atom. The molecule has 114 valence electrons. The van der Waals surface area contributed by atoms with Crippen molar-refractivity contribution in [3.63, 3.8) is 0 Å². The quantitative estimate of drug-likeness (QED) is 0.893. The van der Waals surface area contributed by atoms with E-state index in [0.29, 0.717) is 13.1 Å². The van der Waals surface area contributed by atoms with Crippen molar-refractivity contribution >= 4 is 23.3 Å². The fourth-order valence-electron chi connectivity index (χ4n) is 2.74. The Hall–Kier alpha value is -2.04. The van der Waals surface area contributed by atoms with Crippen molar-refractivity contribution in [3.8, 4) is 0 Å². The Bertz CT molecular complexity index is 550. The van der Waals surface area contributed by atoms with Crippen LogP contribution in [0.5, 0.6) is 0 Å². The lowest BCUT2D eigenvalue weighted by atomic mass is 9.89. The van der Waals surface area contributed by atoms with E-state index in [-0.39, 0.29) is 23.8 Å². The highest BCUT2D eigenvalue weighted by molar-refractivity contribution is 6.04. The van der Waals surface area contributed by atoms with E-state index in [9.17, 15) is 9.59 Å². The van der Waals surface area contributed by atoms with E-state index in [0.717, 1.165) is 16.9 Å². The highest BCUT2D eigenvalue weighted by Gasteiger charge is 2.33. The number of carbonyl (C=O) groups excluding carboxylic acids is 2. The van der Waals surface area contributed by atoms with Gasteiger partial charge in [-0.25, -0.2) is 4.79 Å². The molecule has 0 bridgehead atoms. The number of carbonyl (C=O) groups is 2. The summed E-state index contributed by atoms with van der Waals surface area (Å²) in [5, 5.41) is 5.79. The summed E-state index contributed by atoms with van der Waals surface area (Å²) >= 11 is 0. The highest BCUT2D eigenvalue weighted by Crippen LogP contribution is 2.38. The SMILES string of the molecule is CCN(CC)C(=O)Nc1ccc2c(c1)C(C(C)C)C(=O)N2. The summed E-state index contributed by atoms with van der Waals surface area (Å²) in [4.78, 5) is 25.8. The van der Waals surface area contributed by atoms with Crippen LogP contribution in [0.2, 0.25) is 0 Å². The Balaban J connectivity index is 2.22. The summed E-state index contributed by atoms with van der Waals surface area (Å²) < 4.78 is 0. The van der Waals surface area contributed by atoms with Gasteiger partial charge in [-0.05, 0) is 43.5 Å². The predicted molar refractivity (Wildman–Crippen MR) is 84.6 cm³/mol. The van der Waals surface area contributed by atoms with E-state index in [1.54, 1.807) is 4.90 Å². The standard InChI is InChI=1S/C16H23N3O2/c1-5-19(6-2)16(21)17-11-7-8-13-12(9-11)14(10(3)4)15(20)18-13/h7-10,14H,5-6H2,1-4H3,(H,17,21)(H,18,20). The van der Waals surface area contributed by atoms with Crippen LogP contribution >= 0.6 is 0 Å². The normalized spacial score (nSPS) is 16.6. The number of benzene rings is 1. The van der Waals surface area contributed by atoms with Crippen molar-refractivity contribution in [3.05, 3.63) is 23.8 Å². The first-order valence-electron chi connectivity index (χ1n) is 7.48. The van der Waals surface area contributed by atoms with Gasteiger partial charge in [0, 0.05) is 24.5 Å². The molecule has 0 aliphatic carbocycles.